The number of rotatable bonds is 4. The molecule has 0 bridgehead atoms. The van der Waals surface area contributed by atoms with Gasteiger partial charge in [0.15, 0.2) is 0 Å². The summed E-state index contributed by atoms with van der Waals surface area (Å²) < 4.78 is 0. The summed E-state index contributed by atoms with van der Waals surface area (Å²) in [7, 11) is 0. The Balaban J connectivity index is 1.77. The molecular formula is C22H26N2S. The minimum Gasteiger partial charge on any atom is -0.315 e. The van der Waals surface area contributed by atoms with E-state index in [1.807, 2.05) is 11.3 Å². The molecule has 1 atom stereocenters. The van der Waals surface area contributed by atoms with Crippen LogP contribution in [-0.4, -0.2) is 31.1 Å². The maximum absolute atomic E-state index is 3.54. The summed E-state index contributed by atoms with van der Waals surface area (Å²) in [6.07, 6.45) is 2.34. The molecule has 1 aliphatic heterocycles. The molecule has 1 unspecified atom stereocenters. The number of aryl methyl sites for hydroxylation is 1. The highest BCUT2D eigenvalue weighted by Crippen LogP contribution is 2.35. The van der Waals surface area contributed by atoms with Crippen LogP contribution >= 0.6 is 11.3 Å². The van der Waals surface area contributed by atoms with Crippen LogP contribution in [0, 0.1) is 0 Å². The Hall–Kier alpha value is -1.68. The number of benzene rings is 2. The zero-order valence-electron chi connectivity index (χ0n) is 14.9. The van der Waals surface area contributed by atoms with Crippen LogP contribution < -0.4 is 5.32 Å². The van der Waals surface area contributed by atoms with Gasteiger partial charge in [-0.1, -0.05) is 43.3 Å². The molecule has 130 valence electrons. The molecule has 2 aromatic carbocycles. The van der Waals surface area contributed by atoms with Crippen molar-refractivity contribution in [2.75, 3.05) is 26.2 Å². The van der Waals surface area contributed by atoms with Crippen molar-refractivity contribution in [3.05, 3.63) is 69.9 Å². The summed E-state index contributed by atoms with van der Waals surface area (Å²) in [6, 6.07) is 20.7. The van der Waals surface area contributed by atoms with Crippen LogP contribution in [-0.2, 0) is 6.42 Å². The Kier molecular flexibility index (Phi) is 5.16. The minimum atomic E-state index is 0.370. The maximum atomic E-state index is 3.54. The molecule has 1 aromatic heterocycles. The fourth-order valence-corrected chi connectivity index (χ4v) is 4.91. The zero-order valence-corrected chi connectivity index (χ0v) is 15.7. The highest BCUT2D eigenvalue weighted by atomic mass is 32.1. The van der Waals surface area contributed by atoms with E-state index in [1.54, 1.807) is 0 Å². The zero-order chi connectivity index (χ0) is 17.1. The fraction of sp³-hybridized carbons (Fsp3) is 0.364. The Bertz CT molecular complexity index is 831. The first kappa shape index (κ1) is 16.8. The van der Waals surface area contributed by atoms with Gasteiger partial charge in [0, 0.05) is 29.4 Å². The molecule has 0 saturated carbocycles. The van der Waals surface area contributed by atoms with Crippen molar-refractivity contribution in [3.63, 3.8) is 0 Å². The molecule has 2 heterocycles. The number of thiophene rings is 1. The summed E-state index contributed by atoms with van der Waals surface area (Å²) in [5.74, 6) is 0. The van der Waals surface area contributed by atoms with Crippen molar-refractivity contribution >= 4 is 22.1 Å². The molecule has 3 aromatic rings. The third kappa shape index (κ3) is 3.64. The van der Waals surface area contributed by atoms with Crippen molar-refractivity contribution in [2.24, 2.45) is 0 Å². The van der Waals surface area contributed by atoms with Gasteiger partial charge < -0.3 is 5.32 Å². The van der Waals surface area contributed by atoms with Crippen LogP contribution in [0.3, 0.4) is 0 Å². The normalized spacial score (nSPS) is 17.5. The van der Waals surface area contributed by atoms with Gasteiger partial charge in [0.2, 0.25) is 0 Å². The smallest absolute Gasteiger partial charge is 0.0696 e. The highest BCUT2D eigenvalue weighted by molar-refractivity contribution is 7.12. The van der Waals surface area contributed by atoms with Gasteiger partial charge in [-0.15, -0.1) is 11.3 Å². The van der Waals surface area contributed by atoms with Gasteiger partial charge in [-0.25, -0.2) is 0 Å². The van der Waals surface area contributed by atoms with Crippen LogP contribution in [0.1, 0.15) is 34.7 Å². The van der Waals surface area contributed by atoms with E-state index in [1.165, 1.54) is 32.5 Å². The van der Waals surface area contributed by atoms with E-state index < -0.39 is 0 Å². The van der Waals surface area contributed by atoms with Gasteiger partial charge in [-0.3, -0.25) is 4.90 Å². The molecule has 2 nitrogen and oxygen atoms in total. The second kappa shape index (κ2) is 7.69. The average molecular weight is 351 g/mol. The van der Waals surface area contributed by atoms with E-state index in [-0.39, 0.29) is 0 Å². The second-order valence-electron chi connectivity index (χ2n) is 6.81. The summed E-state index contributed by atoms with van der Waals surface area (Å²) in [5, 5.41) is 6.20. The Morgan fingerprint density at radius 1 is 1.00 bits per heavy atom. The van der Waals surface area contributed by atoms with Gasteiger partial charge in [-0.2, -0.15) is 0 Å². The maximum Gasteiger partial charge on any atom is 0.0696 e. The lowest BCUT2D eigenvalue weighted by Crippen LogP contribution is -2.32. The summed E-state index contributed by atoms with van der Waals surface area (Å²) in [6.45, 7) is 6.72. The summed E-state index contributed by atoms with van der Waals surface area (Å²) >= 11 is 1.98. The number of hydrogen-bond acceptors (Lipinski definition) is 3. The van der Waals surface area contributed by atoms with Crippen molar-refractivity contribution in [2.45, 2.75) is 25.8 Å². The Morgan fingerprint density at radius 2 is 1.88 bits per heavy atom. The number of nitrogens with zero attached hydrogens (tertiary/aromatic N) is 1. The fourth-order valence-electron chi connectivity index (χ4n) is 3.79. The lowest BCUT2D eigenvalue weighted by Gasteiger charge is -2.30. The second-order valence-corrected chi connectivity index (χ2v) is 8.01. The van der Waals surface area contributed by atoms with E-state index >= 15 is 0 Å². The standard InChI is InChI=1S/C22H26N2S/c1-2-20-10-11-21(25-20)22(24-14-5-12-23-13-15-24)19-9-8-17-6-3-4-7-18(17)16-19/h3-4,6-11,16,22-23H,2,5,12-15H2,1H3. The average Bonchev–Trinajstić information content (AvgIpc) is 2.96. The third-order valence-electron chi connectivity index (χ3n) is 5.13. The van der Waals surface area contributed by atoms with E-state index in [4.69, 9.17) is 0 Å². The summed E-state index contributed by atoms with van der Waals surface area (Å²) in [5.41, 5.74) is 1.42. The van der Waals surface area contributed by atoms with Crippen LogP contribution in [0.5, 0.6) is 0 Å². The van der Waals surface area contributed by atoms with E-state index in [9.17, 15) is 0 Å². The molecule has 3 heteroatoms. The van der Waals surface area contributed by atoms with Crippen molar-refractivity contribution in [1.29, 1.82) is 0 Å². The molecule has 1 fully saturated rings. The van der Waals surface area contributed by atoms with Gasteiger partial charge >= 0.3 is 0 Å². The van der Waals surface area contributed by atoms with E-state index in [0.29, 0.717) is 6.04 Å². The summed E-state index contributed by atoms with van der Waals surface area (Å²) in [4.78, 5) is 5.62. The number of nitrogens with one attached hydrogen (secondary N) is 1. The first-order valence-electron chi connectivity index (χ1n) is 9.37. The molecule has 1 N–H and O–H groups in total. The first-order valence-corrected chi connectivity index (χ1v) is 10.2. The third-order valence-corrected chi connectivity index (χ3v) is 6.41. The molecule has 1 aliphatic rings. The molecule has 0 aliphatic carbocycles. The molecule has 1 saturated heterocycles. The van der Waals surface area contributed by atoms with Crippen LogP contribution in [0.15, 0.2) is 54.6 Å². The van der Waals surface area contributed by atoms with Crippen LogP contribution in [0.4, 0.5) is 0 Å². The largest absolute Gasteiger partial charge is 0.315 e. The quantitative estimate of drug-likeness (QED) is 0.724. The first-order chi connectivity index (χ1) is 12.3. The molecule has 0 spiro atoms. The SMILES string of the molecule is CCc1ccc(C(c2ccc3ccccc3c2)N2CCCNCC2)s1. The van der Waals surface area contributed by atoms with Gasteiger partial charge in [0.25, 0.3) is 0 Å². The van der Waals surface area contributed by atoms with Gasteiger partial charge in [0.1, 0.15) is 0 Å². The lowest BCUT2D eigenvalue weighted by atomic mass is 9.99. The topological polar surface area (TPSA) is 15.3 Å². The molecule has 25 heavy (non-hydrogen) atoms. The molecule has 0 radical (unpaired) electrons. The number of hydrogen-bond donors (Lipinski definition) is 1. The van der Waals surface area contributed by atoms with E-state index in [2.05, 4.69) is 71.7 Å². The number of fused-ring (bicyclic) bond motifs is 1. The van der Waals surface area contributed by atoms with Crippen LogP contribution in [0.2, 0.25) is 0 Å². The van der Waals surface area contributed by atoms with Crippen molar-refractivity contribution in [3.8, 4) is 0 Å². The predicted molar refractivity (Wildman–Crippen MR) is 109 cm³/mol. The van der Waals surface area contributed by atoms with E-state index in [0.717, 1.165) is 32.6 Å². The Labute approximate surface area is 154 Å². The van der Waals surface area contributed by atoms with Crippen LogP contribution in [0.25, 0.3) is 10.8 Å². The predicted octanol–water partition coefficient (Wildman–Crippen LogP) is 4.85. The highest BCUT2D eigenvalue weighted by Gasteiger charge is 2.24. The Morgan fingerprint density at radius 3 is 2.72 bits per heavy atom. The van der Waals surface area contributed by atoms with Crippen molar-refractivity contribution in [1.82, 2.24) is 10.2 Å². The molecule has 0 amide bonds. The molecule has 4 rings (SSSR count). The van der Waals surface area contributed by atoms with Gasteiger partial charge in [0.05, 0.1) is 6.04 Å². The molecular weight excluding hydrogens is 324 g/mol. The monoisotopic (exact) mass is 350 g/mol. The lowest BCUT2D eigenvalue weighted by molar-refractivity contribution is 0.244. The minimum absolute atomic E-state index is 0.370. The van der Waals surface area contributed by atoms with Gasteiger partial charge in [-0.05, 0) is 53.9 Å². The van der Waals surface area contributed by atoms with Crippen molar-refractivity contribution < 1.29 is 0 Å².